The summed E-state index contributed by atoms with van der Waals surface area (Å²) in [5, 5.41) is 10.3. The number of hydrogen-bond donors (Lipinski definition) is 1. The molecule has 2 nitrogen and oxygen atoms in total. The summed E-state index contributed by atoms with van der Waals surface area (Å²) >= 11 is 0. The van der Waals surface area contributed by atoms with Crippen molar-refractivity contribution in [3.63, 3.8) is 0 Å². The standard InChI is InChI=1S/C15H19FO2/c1-9-6-11(16)3-2-10(9)7-14(17)13-8-12-4-5-15(13)18-12/h2-3,6,12-15,17H,4-5,7-8H2,1H3. The second-order valence-electron chi connectivity index (χ2n) is 5.62. The van der Waals surface area contributed by atoms with Gasteiger partial charge in [-0.25, -0.2) is 4.39 Å². The average molecular weight is 250 g/mol. The predicted octanol–water partition coefficient (Wildman–Crippen LogP) is 2.61. The maximum Gasteiger partial charge on any atom is 0.123 e. The van der Waals surface area contributed by atoms with Crippen LogP contribution in [0.15, 0.2) is 18.2 Å². The molecule has 2 bridgehead atoms. The van der Waals surface area contributed by atoms with Crippen LogP contribution in [0.25, 0.3) is 0 Å². The summed E-state index contributed by atoms with van der Waals surface area (Å²) in [5.41, 5.74) is 1.95. The van der Waals surface area contributed by atoms with Crippen molar-refractivity contribution >= 4 is 0 Å². The summed E-state index contributed by atoms with van der Waals surface area (Å²) in [6, 6.07) is 4.77. The molecular formula is C15H19FO2. The second kappa shape index (κ2) is 4.63. The minimum atomic E-state index is -0.371. The Kier molecular flexibility index (Phi) is 3.12. The van der Waals surface area contributed by atoms with Crippen molar-refractivity contribution in [2.24, 2.45) is 5.92 Å². The summed E-state index contributed by atoms with van der Waals surface area (Å²) in [4.78, 5) is 0. The van der Waals surface area contributed by atoms with Gasteiger partial charge in [-0.05, 0) is 55.9 Å². The van der Waals surface area contributed by atoms with Gasteiger partial charge in [0.15, 0.2) is 0 Å². The average Bonchev–Trinajstić information content (AvgIpc) is 2.94. The molecule has 3 rings (SSSR count). The lowest BCUT2D eigenvalue weighted by atomic mass is 9.82. The Bertz CT molecular complexity index is 446. The Morgan fingerprint density at radius 1 is 1.44 bits per heavy atom. The van der Waals surface area contributed by atoms with Crippen molar-refractivity contribution in [1.82, 2.24) is 0 Å². The monoisotopic (exact) mass is 250 g/mol. The zero-order valence-electron chi connectivity index (χ0n) is 10.6. The fraction of sp³-hybridized carbons (Fsp3) is 0.600. The maximum atomic E-state index is 13.0. The van der Waals surface area contributed by atoms with E-state index >= 15 is 0 Å². The molecule has 4 unspecified atom stereocenters. The van der Waals surface area contributed by atoms with Crippen LogP contribution in [0.2, 0.25) is 0 Å². The minimum Gasteiger partial charge on any atom is -0.392 e. The first-order valence-electron chi connectivity index (χ1n) is 6.72. The quantitative estimate of drug-likeness (QED) is 0.893. The number of fused-ring (bicyclic) bond motifs is 2. The third-order valence-corrected chi connectivity index (χ3v) is 4.38. The van der Waals surface area contributed by atoms with E-state index < -0.39 is 0 Å². The number of aliphatic hydroxyl groups is 1. The fourth-order valence-corrected chi connectivity index (χ4v) is 3.35. The first-order chi connectivity index (χ1) is 8.63. The topological polar surface area (TPSA) is 29.5 Å². The lowest BCUT2D eigenvalue weighted by Crippen LogP contribution is -2.31. The Balaban J connectivity index is 1.69. The first kappa shape index (κ1) is 12.1. The van der Waals surface area contributed by atoms with E-state index in [4.69, 9.17) is 4.74 Å². The first-order valence-corrected chi connectivity index (χ1v) is 6.72. The maximum absolute atomic E-state index is 13.0. The highest BCUT2D eigenvalue weighted by Gasteiger charge is 2.43. The molecule has 0 saturated carbocycles. The van der Waals surface area contributed by atoms with Gasteiger partial charge in [0.1, 0.15) is 5.82 Å². The fourth-order valence-electron chi connectivity index (χ4n) is 3.35. The highest BCUT2D eigenvalue weighted by Crippen LogP contribution is 2.41. The molecule has 1 aromatic rings. The zero-order chi connectivity index (χ0) is 12.7. The van der Waals surface area contributed by atoms with Gasteiger partial charge in [-0.1, -0.05) is 6.07 Å². The molecule has 3 heteroatoms. The largest absolute Gasteiger partial charge is 0.392 e. The lowest BCUT2D eigenvalue weighted by Gasteiger charge is -2.24. The molecule has 2 heterocycles. The molecule has 0 amide bonds. The third kappa shape index (κ3) is 2.17. The van der Waals surface area contributed by atoms with E-state index in [0.717, 1.165) is 30.4 Å². The SMILES string of the molecule is Cc1cc(F)ccc1CC(O)C1CC2CCC1O2. The van der Waals surface area contributed by atoms with E-state index in [1.54, 1.807) is 6.07 Å². The van der Waals surface area contributed by atoms with E-state index in [1.165, 1.54) is 12.1 Å². The van der Waals surface area contributed by atoms with Gasteiger partial charge in [0.2, 0.25) is 0 Å². The Labute approximate surface area is 107 Å². The van der Waals surface area contributed by atoms with Crippen LogP contribution in [0.5, 0.6) is 0 Å². The molecule has 2 saturated heterocycles. The van der Waals surface area contributed by atoms with Crippen molar-refractivity contribution in [3.8, 4) is 0 Å². The molecule has 1 N–H and O–H groups in total. The molecule has 1 aromatic carbocycles. The highest BCUT2D eigenvalue weighted by atomic mass is 19.1. The molecule has 2 fully saturated rings. The van der Waals surface area contributed by atoms with Crippen LogP contribution in [-0.4, -0.2) is 23.4 Å². The number of aliphatic hydroxyl groups excluding tert-OH is 1. The second-order valence-corrected chi connectivity index (χ2v) is 5.62. The molecule has 98 valence electrons. The van der Waals surface area contributed by atoms with Crippen molar-refractivity contribution in [1.29, 1.82) is 0 Å². The Morgan fingerprint density at radius 3 is 2.89 bits per heavy atom. The highest BCUT2D eigenvalue weighted by molar-refractivity contribution is 5.27. The van der Waals surface area contributed by atoms with Crippen molar-refractivity contribution in [3.05, 3.63) is 35.1 Å². The smallest absolute Gasteiger partial charge is 0.123 e. The molecule has 0 aliphatic carbocycles. The molecule has 2 aliphatic rings. The molecule has 0 radical (unpaired) electrons. The molecule has 0 aromatic heterocycles. The Morgan fingerprint density at radius 2 is 2.28 bits per heavy atom. The van der Waals surface area contributed by atoms with Crippen LogP contribution >= 0.6 is 0 Å². The molecule has 18 heavy (non-hydrogen) atoms. The number of ether oxygens (including phenoxy) is 1. The third-order valence-electron chi connectivity index (χ3n) is 4.38. The van der Waals surface area contributed by atoms with Gasteiger partial charge in [0.05, 0.1) is 18.3 Å². The lowest BCUT2D eigenvalue weighted by molar-refractivity contribution is 0.0431. The number of benzene rings is 1. The van der Waals surface area contributed by atoms with E-state index in [2.05, 4.69) is 0 Å². The van der Waals surface area contributed by atoms with Crippen LogP contribution < -0.4 is 0 Å². The van der Waals surface area contributed by atoms with Crippen molar-refractivity contribution < 1.29 is 14.2 Å². The van der Waals surface area contributed by atoms with E-state index in [1.807, 2.05) is 6.92 Å². The van der Waals surface area contributed by atoms with Gasteiger partial charge in [0, 0.05) is 5.92 Å². The molecule has 4 atom stereocenters. The van der Waals surface area contributed by atoms with Gasteiger partial charge in [0.25, 0.3) is 0 Å². The predicted molar refractivity (Wildman–Crippen MR) is 66.8 cm³/mol. The van der Waals surface area contributed by atoms with E-state index in [9.17, 15) is 9.50 Å². The van der Waals surface area contributed by atoms with E-state index in [0.29, 0.717) is 12.5 Å². The van der Waals surface area contributed by atoms with Gasteiger partial charge in [-0.2, -0.15) is 0 Å². The van der Waals surface area contributed by atoms with Crippen LogP contribution in [0.3, 0.4) is 0 Å². The summed E-state index contributed by atoms with van der Waals surface area (Å²) in [6.45, 7) is 1.89. The number of hydrogen-bond acceptors (Lipinski definition) is 2. The van der Waals surface area contributed by atoms with Gasteiger partial charge in [-0.3, -0.25) is 0 Å². The van der Waals surface area contributed by atoms with Gasteiger partial charge >= 0.3 is 0 Å². The van der Waals surface area contributed by atoms with Gasteiger partial charge < -0.3 is 9.84 Å². The number of rotatable bonds is 3. The number of aryl methyl sites for hydroxylation is 1. The normalized spacial score (nSPS) is 31.8. The summed E-state index contributed by atoms with van der Waals surface area (Å²) in [5.74, 6) is 0.0437. The molecular weight excluding hydrogens is 231 g/mol. The Hall–Kier alpha value is -0.930. The molecule has 0 spiro atoms. The zero-order valence-corrected chi connectivity index (χ0v) is 10.6. The van der Waals surface area contributed by atoms with Crippen molar-refractivity contribution in [2.75, 3.05) is 0 Å². The van der Waals surface area contributed by atoms with Crippen molar-refractivity contribution in [2.45, 2.75) is 50.9 Å². The van der Waals surface area contributed by atoms with Crippen LogP contribution in [-0.2, 0) is 11.2 Å². The summed E-state index contributed by atoms with van der Waals surface area (Å²) in [7, 11) is 0. The summed E-state index contributed by atoms with van der Waals surface area (Å²) in [6.07, 6.45) is 4.03. The van der Waals surface area contributed by atoms with Crippen LogP contribution in [0.1, 0.15) is 30.4 Å². The molecule has 2 aliphatic heterocycles. The van der Waals surface area contributed by atoms with E-state index in [-0.39, 0.29) is 23.9 Å². The van der Waals surface area contributed by atoms with Crippen LogP contribution in [0.4, 0.5) is 4.39 Å². The number of halogens is 1. The van der Waals surface area contributed by atoms with Gasteiger partial charge in [-0.15, -0.1) is 0 Å². The minimum absolute atomic E-state index is 0.214. The van der Waals surface area contributed by atoms with Crippen LogP contribution in [0, 0.1) is 18.7 Å². The summed E-state index contributed by atoms with van der Waals surface area (Å²) < 4.78 is 18.8.